The molecule has 2 amide bonds. The first kappa shape index (κ1) is 25.2. The predicted molar refractivity (Wildman–Crippen MR) is 118 cm³/mol. The van der Waals surface area contributed by atoms with Gasteiger partial charge in [0.25, 0.3) is 11.5 Å². The average molecular weight is 503 g/mol. The zero-order valence-corrected chi connectivity index (χ0v) is 19.1. The van der Waals surface area contributed by atoms with Crippen molar-refractivity contribution in [2.75, 3.05) is 6.54 Å². The summed E-state index contributed by atoms with van der Waals surface area (Å²) in [4.78, 5) is 34.8. The standard InChI is InChI=1S/C22H23Cl2F3N4O2/c23-16-3-1-2-14(10-16)6-9-31(21(33)19(24)25)18(15-11-28-13-29-12-15)20(32)30-17-4-7-22(26,27)8-5-17/h1-3,10-13,17-19H,4-9H2,(H,30,32)/t18?,19-/m0/s1. The van der Waals surface area contributed by atoms with Gasteiger partial charge in [-0.1, -0.05) is 35.3 Å². The molecule has 6 nitrogen and oxygen atoms in total. The fraction of sp³-hybridized carbons (Fsp3) is 0.455. The number of hydrogen-bond donors (Lipinski definition) is 1. The van der Waals surface area contributed by atoms with Crippen LogP contribution in [0, 0.1) is 0 Å². The molecule has 0 spiro atoms. The monoisotopic (exact) mass is 502 g/mol. The molecule has 1 aliphatic carbocycles. The van der Waals surface area contributed by atoms with E-state index in [0.29, 0.717) is 5.02 Å². The minimum atomic E-state index is -2.76. The van der Waals surface area contributed by atoms with Crippen molar-refractivity contribution < 1.29 is 22.8 Å². The molecule has 1 aromatic heterocycles. The third-order valence-corrected chi connectivity index (χ3v) is 5.94. The van der Waals surface area contributed by atoms with E-state index in [1.807, 2.05) is 0 Å². The molecule has 1 fully saturated rings. The summed E-state index contributed by atoms with van der Waals surface area (Å²) in [6.45, 7) is -0.0535. The van der Waals surface area contributed by atoms with E-state index in [4.69, 9.17) is 23.2 Å². The first-order valence-corrected chi connectivity index (χ1v) is 11.2. The molecule has 1 aromatic carbocycles. The van der Waals surface area contributed by atoms with E-state index in [2.05, 4.69) is 15.3 Å². The van der Waals surface area contributed by atoms with Crippen molar-refractivity contribution in [3.05, 3.63) is 59.1 Å². The molecule has 178 valence electrons. The van der Waals surface area contributed by atoms with Crippen LogP contribution in [0.5, 0.6) is 0 Å². The van der Waals surface area contributed by atoms with Gasteiger partial charge in [-0.3, -0.25) is 9.59 Å². The van der Waals surface area contributed by atoms with Crippen molar-refractivity contribution in [2.45, 2.75) is 55.7 Å². The average Bonchev–Trinajstić information content (AvgIpc) is 2.78. The van der Waals surface area contributed by atoms with Gasteiger partial charge in [-0.15, -0.1) is 0 Å². The smallest absolute Gasteiger partial charge is 0.273 e. The summed E-state index contributed by atoms with van der Waals surface area (Å²) in [6, 6.07) is 5.11. The van der Waals surface area contributed by atoms with Gasteiger partial charge < -0.3 is 10.2 Å². The van der Waals surface area contributed by atoms with Gasteiger partial charge in [0.15, 0.2) is 0 Å². The Morgan fingerprint density at radius 2 is 1.88 bits per heavy atom. The topological polar surface area (TPSA) is 75.2 Å². The second kappa shape index (κ2) is 11.2. The summed E-state index contributed by atoms with van der Waals surface area (Å²) < 4.78 is 40.9. The number of carbonyl (C=O) groups is 2. The fourth-order valence-electron chi connectivity index (χ4n) is 3.82. The maximum absolute atomic E-state index is 13.9. The Hall–Kier alpha value is -2.39. The number of aromatic nitrogens is 2. The lowest BCUT2D eigenvalue weighted by atomic mass is 9.92. The van der Waals surface area contributed by atoms with Crippen LogP contribution < -0.4 is 5.32 Å². The Labute approximate surface area is 199 Å². The second-order valence-electron chi connectivity index (χ2n) is 7.93. The number of hydrogen-bond acceptors (Lipinski definition) is 4. The summed E-state index contributed by atoms with van der Waals surface area (Å²) in [5.74, 6) is -4.50. The summed E-state index contributed by atoms with van der Waals surface area (Å²) in [5, 5.41) is 3.22. The van der Waals surface area contributed by atoms with Crippen LogP contribution in [0.15, 0.2) is 43.0 Å². The molecule has 0 radical (unpaired) electrons. The van der Waals surface area contributed by atoms with E-state index in [1.165, 1.54) is 18.7 Å². The lowest BCUT2D eigenvalue weighted by Gasteiger charge is -2.34. The molecule has 1 aliphatic rings. The van der Waals surface area contributed by atoms with Gasteiger partial charge in [0, 0.05) is 48.4 Å². The van der Waals surface area contributed by atoms with Gasteiger partial charge in [0.05, 0.1) is 0 Å². The highest BCUT2D eigenvalue weighted by Gasteiger charge is 2.39. The maximum atomic E-state index is 13.9. The number of benzene rings is 1. The lowest BCUT2D eigenvalue weighted by molar-refractivity contribution is -0.143. The third kappa shape index (κ3) is 7.04. The molecule has 0 aliphatic heterocycles. The van der Waals surface area contributed by atoms with Crippen molar-refractivity contribution in [2.24, 2.45) is 0 Å². The maximum Gasteiger partial charge on any atom is 0.273 e. The fourth-order valence-corrected chi connectivity index (χ4v) is 4.16. The summed E-state index contributed by atoms with van der Waals surface area (Å²) in [5.41, 5.74) is -1.37. The van der Waals surface area contributed by atoms with Gasteiger partial charge in [-0.25, -0.2) is 23.1 Å². The molecular formula is C22H23Cl2F3N4O2. The molecule has 0 bridgehead atoms. The zero-order valence-electron chi connectivity index (χ0n) is 17.6. The molecule has 1 heterocycles. The van der Waals surface area contributed by atoms with Crippen LogP contribution in [0.25, 0.3) is 0 Å². The molecule has 1 saturated carbocycles. The van der Waals surface area contributed by atoms with E-state index in [1.54, 1.807) is 24.3 Å². The van der Waals surface area contributed by atoms with Gasteiger partial charge in [-0.2, -0.15) is 0 Å². The highest BCUT2D eigenvalue weighted by Crippen LogP contribution is 2.33. The number of nitrogens with zero attached hydrogens (tertiary/aromatic N) is 3. The summed E-state index contributed by atoms with van der Waals surface area (Å²) in [7, 11) is 0. The van der Waals surface area contributed by atoms with Crippen LogP contribution in [0.2, 0.25) is 5.02 Å². The van der Waals surface area contributed by atoms with E-state index >= 15 is 0 Å². The number of alkyl halides is 4. The van der Waals surface area contributed by atoms with Crippen LogP contribution in [-0.2, 0) is 16.0 Å². The second-order valence-corrected chi connectivity index (χ2v) is 8.75. The van der Waals surface area contributed by atoms with Crippen LogP contribution in [0.3, 0.4) is 0 Å². The largest absolute Gasteiger partial charge is 0.351 e. The molecule has 2 aromatic rings. The number of amides is 2. The van der Waals surface area contributed by atoms with Gasteiger partial charge >= 0.3 is 0 Å². The molecule has 2 atom stereocenters. The van der Waals surface area contributed by atoms with Gasteiger partial charge in [-0.05, 0) is 37.0 Å². The Morgan fingerprint density at radius 1 is 1.21 bits per heavy atom. The van der Waals surface area contributed by atoms with Crippen molar-refractivity contribution in [1.29, 1.82) is 0 Å². The van der Waals surface area contributed by atoms with Crippen LogP contribution in [-0.4, -0.2) is 50.8 Å². The predicted octanol–water partition coefficient (Wildman–Crippen LogP) is 4.47. The minimum absolute atomic E-state index is 0.0535. The number of nitrogens with one attached hydrogen (secondary N) is 1. The summed E-state index contributed by atoms with van der Waals surface area (Å²) in [6.07, 6.45) is 3.69. The Morgan fingerprint density at radius 3 is 2.48 bits per heavy atom. The normalized spacial score (nSPS) is 17.7. The molecular weight excluding hydrogens is 480 g/mol. The third-order valence-electron chi connectivity index (χ3n) is 5.52. The Balaban J connectivity index is 1.85. The SMILES string of the molecule is O=C(NC1CCC(F)(F)CC1)C(c1cncnc1)N(CCc1cccc(Cl)c1)C(=O)[C@H](F)Cl. The molecule has 11 heteroatoms. The van der Waals surface area contributed by atoms with E-state index in [9.17, 15) is 22.8 Å². The quantitative estimate of drug-likeness (QED) is 0.540. The Kier molecular flexibility index (Phi) is 8.53. The molecule has 1 N–H and O–H groups in total. The number of carbonyl (C=O) groups excluding carboxylic acids is 2. The first-order chi connectivity index (χ1) is 15.7. The number of rotatable bonds is 8. The molecule has 0 saturated heterocycles. The molecule has 3 rings (SSSR count). The summed E-state index contributed by atoms with van der Waals surface area (Å²) >= 11 is 11.5. The minimum Gasteiger partial charge on any atom is -0.351 e. The van der Waals surface area contributed by atoms with Crippen molar-refractivity contribution in [3.63, 3.8) is 0 Å². The molecule has 1 unspecified atom stereocenters. The van der Waals surface area contributed by atoms with Gasteiger partial charge in [0.2, 0.25) is 11.8 Å². The van der Waals surface area contributed by atoms with E-state index in [0.717, 1.165) is 10.5 Å². The van der Waals surface area contributed by atoms with Crippen molar-refractivity contribution in [1.82, 2.24) is 20.2 Å². The van der Waals surface area contributed by atoms with Crippen LogP contribution in [0.4, 0.5) is 13.2 Å². The van der Waals surface area contributed by atoms with E-state index < -0.39 is 35.5 Å². The van der Waals surface area contributed by atoms with Crippen molar-refractivity contribution >= 4 is 35.0 Å². The zero-order chi connectivity index (χ0) is 24.0. The van der Waals surface area contributed by atoms with E-state index in [-0.39, 0.29) is 44.2 Å². The van der Waals surface area contributed by atoms with Gasteiger partial charge in [0.1, 0.15) is 12.4 Å². The molecule has 33 heavy (non-hydrogen) atoms. The van der Waals surface area contributed by atoms with Crippen LogP contribution in [0.1, 0.15) is 42.9 Å². The highest BCUT2D eigenvalue weighted by atomic mass is 35.5. The van der Waals surface area contributed by atoms with Crippen LogP contribution >= 0.6 is 23.2 Å². The van der Waals surface area contributed by atoms with Crippen molar-refractivity contribution in [3.8, 4) is 0 Å². The lowest BCUT2D eigenvalue weighted by Crippen LogP contribution is -2.49. The Bertz CT molecular complexity index is 956. The number of halogens is 5. The highest BCUT2D eigenvalue weighted by molar-refractivity contribution is 6.30. The first-order valence-electron chi connectivity index (χ1n) is 10.4.